The maximum absolute atomic E-state index is 13.6. The summed E-state index contributed by atoms with van der Waals surface area (Å²) < 4.78 is 27.6. The number of H-pyrrole nitrogens is 1. The Kier molecular flexibility index (Phi) is 5.90. The van der Waals surface area contributed by atoms with Crippen LogP contribution in [0.5, 0.6) is 0 Å². The molecular formula is C25H31N7O3S2. The molecule has 0 spiro atoms. The summed E-state index contributed by atoms with van der Waals surface area (Å²) in [6, 6.07) is 7.77. The van der Waals surface area contributed by atoms with Gasteiger partial charge in [0.05, 0.1) is 25.6 Å². The Bertz CT molecular complexity index is 1430. The first kappa shape index (κ1) is 24.2. The Morgan fingerprint density at radius 1 is 1.27 bits per heavy atom. The lowest BCUT2D eigenvalue weighted by molar-refractivity contribution is 0.114. The minimum absolute atomic E-state index is 0.0981. The molecule has 1 aromatic carbocycles. The molecule has 6 rings (SSSR count). The van der Waals surface area contributed by atoms with Crippen molar-refractivity contribution in [3.63, 3.8) is 0 Å². The van der Waals surface area contributed by atoms with Crippen LogP contribution in [0.4, 0.5) is 21.4 Å². The quantitative estimate of drug-likeness (QED) is 0.324. The van der Waals surface area contributed by atoms with Gasteiger partial charge in [-0.25, -0.2) is 18.8 Å². The first-order valence-electron chi connectivity index (χ1n) is 12.6. The number of nitrogens with one attached hydrogen (secondary N) is 4. The number of anilines is 3. The first-order chi connectivity index (χ1) is 17.7. The van der Waals surface area contributed by atoms with Gasteiger partial charge in [0.2, 0.25) is 0 Å². The van der Waals surface area contributed by atoms with Crippen LogP contribution >= 0.6 is 11.3 Å². The van der Waals surface area contributed by atoms with Gasteiger partial charge in [0.1, 0.15) is 0 Å². The average molecular weight is 542 g/mol. The minimum Gasteiger partial charge on any atom is -0.447 e. The van der Waals surface area contributed by atoms with Crippen LogP contribution in [0, 0.1) is 23.5 Å². The fourth-order valence-electron chi connectivity index (χ4n) is 5.08. The molecule has 3 aromatic rings. The molecule has 3 atom stereocenters. The molecule has 37 heavy (non-hydrogen) atoms. The number of hydrogen-bond acceptors (Lipinski definition) is 9. The molecule has 1 aliphatic heterocycles. The van der Waals surface area contributed by atoms with E-state index in [1.165, 1.54) is 0 Å². The smallest absolute Gasteiger partial charge is 0.407 e. The lowest BCUT2D eigenvalue weighted by Crippen LogP contribution is -2.35. The Morgan fingerprint density at radius 2 is 2.03 bits per heavy atom. The molecule has 0 radical (unpaired) electrons. The Labute approximate surface area is 220 Å². The number of carbonyl (C=O) groups excluding carboxylic acids is 1. The van der Waals surface area contributed by atoms with Gasteiger partial charge in [-0.15, -0.1) is 0 Å². The van der Waals surface area contributed by atoms with E-state index in [0.29, 0.717) is 22.5 Å². The normalized spacial score (nSPS) is 24.0. The van der Waals surface area contributed by atoms with Gasteiger partial charge in [0.15, 0.2) is 10.9 Å². The summed E-state index contributed by atoms with van der Waals surface area (Å²) in [6.45, 7) is 7.28. The number of carbonyl (C=O) groups is 1. The Balaban J connectivity index is 1.20. The van der Waals surface area contributed by atoms with E-state index in [9.17, 15) is 9.00 Å². The monoisotopic (exact) mass is 541 g/mol. The fourth-order valence-corrected chi connectivity index (χ4v) is 8.08. The lowest BCUT2D eigenvalue weighted by Gasteiger charge is -2.19. The summed E-state index contributed by atoms with van der Waals surface area (Å²) in [5.41, 5.74) is 2.50. The van der Waals surface area contributed by atoms with Crippen LogP contribution in [0.15, 0.2) is 35.4 Å². The molecule has 0 bridgehead atoms. The van der Waals surface area contributed by atoms with E-state index in [-0.39, 0.29) is 23.5 Å². The van der Waals surface area contributed by atoms with E-state index in [1.807, 2.05) is 51.2 Å². The number of alkyl carbamates (subject to hydrolysis) is 1. The topological polar surface area (TPSA) is 136 Å². The van der Waals surface area contributed by atoms with E-state index in [4.69, 9.17) is 9.52 Å². The highest BCUT2D eigenvalue weighted by atomic mass is 32.2. The molecular weight excluding hydrogens is 510 g/mol. The van der Waals surface area contributed by atoms with Crippen molar-refractivity contribution in [2.45, 2.75) is 55.9 Å². The Morgan fingerprint density at radius 3 is 2.68 bits per heavy atom. The maximum Gasteiger partial charge on any atom is 0.407 e. The summed E-state index contributed by atoms with van der Waals surface area (Å²) in [5.74, 6) is 1.48. The number of benzene rings is 1. The number of hydrogen-bond donors (Lipinski definition) is 4. The van der Waals surface area contributed by atoms with Gasteiger partial charge < -0.3 is 20.3 Å². The molecule has 2 aromatic heterocycles. The number of nitrogens with zero attached hydrogens (tertiary/aromatic N) is 3. The highest BCUT2D eigenvalue weighted by molar-refractivity contribution is 7.93. The highest BCUT2D eigenvalue weighted by Crippen LogP contribution is 2.48. The van der Waals surface area contributed by atoms with Crippen LogP contribution in [-0.4, -0.2) is 56.0 Å². The predicted octanol–water partition coefficient (Wildman–Crippen LogP) is 4.72. The number of piperidine rings is 1. The zero-order chi connectivity index (χ0) is 25.9. The van der Waals surface area contributed by atoms with Crippen molar-refractivity contribution in [1.29, 1.82) is 4.78 Å². The summed E-state index contributed by atoms with van der Waals surface area (Å²) in [7, 11) is -2.95. The number of amides is 1. The molecule has 2 aliphatic carbocycles. The molecule has 3 unspecified atom stereocenters. The third-order valence-electron chi connectivity index (χ3n) is 7.13. The SMILES string of the molecule is Cc1cc(Nc2ccc(-c3cnc(N4CC5C(C4)C5NC(=O)OC(C)C)s3)c(S(=N)(=O)C3CC3)c2)n[nH]1. The van der Waals surface area contributed by atoms with Gasteiger partial charge in [-0.2, -0.15) is 5.10 Å². The van der Waals surface area contributed by atoms with Crippen LogP contribution < -0.4 is 15.5 Å². The molecule has 12 heteroatoms. The van der Waals surface area contributed by atoms with E-state index in [0.717, 1.165) is 52.9 Å². The summed E-state index contributed by atoms with van der Waals surface area (Å²) >= 11 is 1.56. The summed E-state index contributed by atoms with van der Waals surface area (Å²) in [4.78, 5) is 20.3. The summed E-state index contributed by atoms with van der Waals surface area (Å²) in [6.07, 6.45) is 2.99. The van der Waals surface area contributed by atoms with Crippen molar-refractivity contribution >= 4 is 43.8 Å². The van der Waals surface area contributed by atoms with Crippen molar-refractivity contribution in [2.24, 2.45) is 11.8 Å². The second-order valence-corrected chi connectivity index (χ2v) is 13.8. The fraction of sp³-hybridized carbons (Fsp3) is 0.480. The molecule has 1 amide bonds. The van der Waals surface area contributed by atoms with Crippen LogP contribution in [-0.2, 0) is 14.5 Å². The number of ether oxygens (including phenoxy) is 1. The maximum atomic E-state index is 13.6. The molecule has 4 N–H and O–H groups in total. The van der Waals surface area contributed by atoms with Crippen molar-refractivity contribution in [3.05, 3.63) is 36.2 Å². The average Bonchev–Trinajstić information content (AvgIpc) is 3.59. The van der Waals surface area contributed by atoms with E-state index >= 15 is 0 Å². The van der Waals surface area contributed by atoms with E-state index in [2.05, 4.69) is 30.7 Å². The predicted molar refractivity (Wildman–Crippen MR) is 144 cm³/mol. The summed E-state index contributed by atoms with van der Waals surface area (Å²) in [5, 5.41) is 14.2. The van der Waals surface area contributed by atoms with Crippen molar-refractivity contribution < 1.29 is 13.7 Å². The van der Waals surface area contributed by atoms with Crippen LogP contribution in [0.25, 0.3) is 10.4 Å². The number of aryl methyl sites for hydroxylation is 1. The zero-order valence-corrected chi connectivity index (χ0v) is 22.6. The minimum atomic E-state index is -2.95. The number of rotatable bonds is 8. The van der Waals surface area contributed by atoms with Crippen LogP contribution in [0.1, 0.15) is 32.4 Å². The number of fused-ring (bicyclic) bond motifs is 1. The molecule has 3 heterocycles. The number of aromatic nitrogens is 3. The largest absolute Gasteiger partial charge is 0.447 e. The molecule has 2 saturated carbocycles. The van der Waals surface area contributed by atoms with Crippen LogP contribution in [0.2, 0.25) is 0 Å². The van der Waals surface area contributed by atoms with E-state index < -0.39 is 9.73 Å². The standard InChI is InChI=1S/C25H31N7O3S2/c1-13(2)35-25(33)29-23-18-11-32(12-19(18)23)24-27-10-20(36-24)17-7-4-15(28-22-8-14(3)30-31-22)9-21(17)37(26,34)16-5-6-16/h4,7-10,13,16,18-19,23,26H,5-6,11-12H2,1-3H3,(H,29,33)(H2,28,30,31). The van der Waals surface area contributed by atoms with E-state index in [1.54, 1.807) is 11.3 Å². The van der Waals surface area contributed by atoms with Crippen molar-refractivity contribution in [2.75, 3.05) is 23.3 Å². The van der Waals surface area contributed by atoms with Crippen LogP contribution in [0.3, 0.4) is 0 Å². The van der Waals surface area contributed by atoms with Crippen molar-refractivity contribution in [1.82, 2.24) is 20.5 Å². The van der Waals surface area contributed by atoms with Gasteiger partial charge in [-0.1, -0.05) is 17.4 Å². The number of thiazole rings is 1. The highest BCUT2D eigenvalue weighted by Gasteiger charge is 2.57. The van der Waals surface area contributed by atoms with Gasteiger partial charge in [0.25, 0.3) is 0 Å². The van der Waals surface area contributed by atoms with Gasteiger partial charge >= 0.3 is 6.09 Å². The lowest BCUT2D eigenvalue weighted by atomic mass is 10.2. The third kappa shape index (κ3) is 4.79. The molecule has 3 fully saturated rings. The first-order valence-corrected chi connectivity index (χ1v) is 15.0. The molecule has 10 nitrogen and oxygen atoms in total. The zero-order valence-electron chi connectivity index (χ0n) is 21.0. The second kappa shape index (κ2) is 9.02. The third-order valence-corrected chi connectivity index (χ3v) is 10.6. The molecule has 3 aliphatic rings. The van der Waals surface area contributed by atoms with Crippen molar-refractivity contribution in [3.8, 4) is 10.4 Å². The van der Waals surface area contributed by atoms with Gasteiger partial charge in [0, 0.05) is 65.4 Å². The van der Waals surface area contributed by atoms with Gasteiger partial charge in [-0.05, 0) is 45.7 Å². The number of aromatic amines is 1. The Hall–Kier alpha value is -3.12. The van der Waals surface area contributed by atoms with Gasteiger partial charge in [-0.3, -0.25) is 5.10 Å². The molecule has 1 saturated heterocycles. The molecule has 196 valence electrons. The second-order valence-electron chi connectivity index (χ2n) is 10.4.